The van der Waals surface area contributed by atoms with E-state index in [4.69, 9.17) is 4.74 Å². The van der Waals surface area contributed by atoms with E-state index >= 15 is 0 Å². The Morgan fingerprint density at radius 3 is 2.33 bits per heavy atom. The van der Waals surface area contributed by atoms with Crippen molar-refractivity contribution >= 4 is 16.1 Å². The molecule has 0 saturated carbocycles. The fourth-order valence-electron chi connectivity index (χ4n) is 2.62. The van der Waals surface area contributed by atoms with Gasteiger partial charge in [0.15, 0.2) is 11.3 Å². The first-order chi connectivity index (χ1) is 14.2. The summed E-state index contributed by atoms with van der Waals surface area (Å²) >= 11 is 0. The molecule has 1 amide bonds. The molecule has 3 aromatic rings. The summed E-state index contributed by atoms with van der Waals surface area (Å²) in [5.41, 5.74) is -0.847. The Kier molecular flexibility index (Phi) is 5.97. The number of aromatic nitrogens is 2. The molecule has 1 aromatic heterocycles. The Labute approximate surface area is 171 Å². The quantitative estimate of drug-likeness (QED) is 0.631. The van der Waals surface area contributed by atoms with Gasteiger partial charge in [-0.3, -0.25) is 4.57 Å². The molecule has 3 rings (SSSR count). The first kappa shape index (κ1) is 21.2. The third kappa shape index (κ3) is 4.23. The van der Waals surface area contributed by atoms with Gasteiger partial charge in [-0.2, -0.15) is 8.96 Å². The first-order valence-electron chi connectivity index (χ1n) is 8.88. The smallest absolute Gasteiger partial charge is 0.409 e. The van der Waals surface area contributed by atoms with E-state index in [0.717, 1.165) is 12.6 Å². The number of benzene rings is 2. The summed E-state index contributed by atoms with van der Waals surface area (Å²) in [6.45, 7) is 1.91. The van der Waals surface area contributed by atoms with Gasteiger partial charge in [-0.05, 0) is 36.2 Å². The number of halogens is 1. The maximum absolute atomic E-state index is 14.6. The van der Waals surface area contributed by atoms with Crippen LogP contribution in [-0.2, 0) is 23.5 Å². The van der Waals surface area contributed by atoms with Gasteiger partial charge >= 0.3 is 11.8 Å². The second kappa shape index (κ2) is 8.46. The largest absolute Gasteiger partial charge is 0.441 e. The molecule has 0 aliphatic rings. The number of ether oxygens (including phenoxy) is 1. The summed E-state index contributed by atoms with van der Waals surface area (Å²) in [6.07, 6.45) is 0.0324. The second-order valence-electron chi connectivity index (χ2n) is 6.23. The third-order valence-corrected chi connectivity index (χ3v) is 5.92. The minimum absolute atomic E-state index is 0.172. The molecule has 0 bridgehead atoms. The average Bonchev–Trinajstić information content (AvgIpc) is 2.74. The molecule has 10 heteroatoms. The lowest BCUT2D eigenvalue weighted by atomic mass is 10.2. The Hall–Kier alpha value is -3.53. The average molecular weight is 431 g/mol. The Balaban J connectivity index is 2.04. The van der Waals surface area contributed by atoms with Gasteiger partial charge in [0.1, 0.15) is 5.75 Å². The zero-order chi connectivity index (χ0) is 21.9. The van der Waals surface area contributed by atoms with Gasteiger partial charge in [-0.15, -0.1) is 0 Å². The highest BCUT2D eigenvalue weighted by Gasteiger charge is 2.22. The van der Waals surface area contributed by atoms with Crippen molar-refractivity contribution in [3.8, 4) is 5.75 Å². The van der Waals surface area contributed by atoms with Gasteiger partial charge in [0.05, 0.1) is 11.1 Å². The van der Waals surface area contributed by atoms with Crippen molar-refractivity contribution in [2.45, 2.75) is 18.2 Å². The molecule has 0 N–H and O–H groups in total. The van der Waals surface area contributed by atoms with Gasteiger partial charge in [-0.25, -0.2) is 22.4 Å². The van der Waals surface area contributed by atoms with Gasteiger partial charge in [-0.1, -0.05) is 37.3 Å². The van der Waals surface area contributed by atoms with Crippen molar-refractivity contribution in [3.05, 3.63) is 88.1 Å². The molecular formula is C20H18FN3O5S. The number of amides is 1. The number of hydrogen-bond donors (Lipinski definition) is 0. The van der Waals surface area contributed by atoms with E-state index in [-0.39, 0.29) is 14.6 Å². The summed E-state index contributed by atoms with van der Waals surface area (Å²) in [4.78, 5) is 27.8. The molecule has 0 saturated heterocycles. The molecule has 0 fully saturated rings. The normalized spacial score (nSPS) is 12.0. The van der Waals surface area contributed by atoms with Crippen molar-refractivity contribution in [2.75, 3.05) is 0 Å². The highest BCUT2D eigenvalue weighted by Crippen LogP contribution is 2.14. The zero-order valence-electron chi connectivity index (χ0n) is 16.1. The maximum atomic E-state index is 14.6. The first-order valence-corrected chi connectivity index (χ1v) is 10.3. The summed E-state index contributed by atoms with van der Waals surface area (Å²) in [6, 6.07) is 13.9. The topological polar surface area (TPSA) is 99.7 Å². The van der Waals surface area contributed by atoms with Crippen LogP contribution in [0.15, 0.2) is 75.5 Å². The summed E-state index contributed by atoms with van der Waals surface area (Å²) in [5.74, 6) is -1.00. The molecular weight excluding hydrogens is 413 g/mol. The lowest BCUT2D eigenvalue weighted by molar-refractivity contribution is 0.209. The number of carbonyl (C=O) groups is 1. The molecule has 2 aromatic carbocycles. The van der Waals surface area contributed by atoms with Crippen molar-refractivity contribution in [3.63, 3.8) is 0 Å². The number of para-hydroxylation sites is 1. The van der Waals surface area contributed by atoms with Crippen LogP contribution < -0.4 is 15.9 Å². The predicted octanol–water partition coefficient (Wildman–Crippen LogP) is 2.22. The van der Waals surface area contributed by atoms with Crippen LogP contribution in [0.25, 0.3) is 0 Å². The maximum Gasteiger partial charge on any atom is 0.441 e. The van der Waals surface area contributed by atoms with Crippen molar-refractivity contribution < 1.29 is 22.3 Å². The number of hydrogen-bond acceptors (Lipinski definition) is 5. The van der Waals surface area contributed by atoms with E-state index in [1.807, 2.05) is 6.92 Å². The number of carbonyl (C=O) groups excluding carboxylic acids is 1. The van der Waals surface area contributed by atoms with Gasteiger partial charge in [0.2, 0.25) is 0 Å². The summed E-state index contributed by atoms with van der Waals surface area (Å²) in [7, 11) is -3.24. The molecule has 0 aliphatic heterocycles. The lowest BCUT2D eigenvalue weighted by Crippen LogP contribution is -2.43. The van der Waals surface area contributed by atoms with Gasteiger partial charge < -0.3 is 4.74 Å². The number of aryl methyl sites for hydroxylation is 1. The Bertz CT molecular complexity index is 1310. The van der Waals surface area contributed by atoms with Crippen LogP contribution in [0.3, 0.4) is 0 Å². The zero-order valence-corrected chi connectivity index (χ0v) is 17.0. The van der Waals surface area contributed by atoms with Crippen molar-refractivity contribution in [1.29, 1.82) is 0 Å². The van der Waals surface area contributed by atoms with Crippen LogP contribution >= 0.6 is 0 Å². The predicted molar refractivity (Wildman–Crippen MR) is 106 cm³/mol. The van der Waals surface area contributed by atoms with Gasteiger partial charge in [0, 0.05) is 7.05 Å². The fraction of sp³-hybridized carbons (Fsp3) is 0.150. The highest BCUT2D eigenvalue weighted by molar-refractivity contribution is 7.90. The van der Waals surface area contributed by atoms with E-state index in [9.17, 15) is 22.4 Å². The lowest BCUT2D eigenvalue weighted by Gasteiger charge is -2.10. The van der Waals surface area contributed by atoms with E-state index < -0.39 is 33.1 Å². The minimum atomic E-state index is -4.35. The molecule has 8 nitrogen and oxygen atoms in total. The van der Waals surface area contributed by atoms with Gasteiger partial charge in [0.25, 0.3) is 10.0 Å². The van der Waals surface area contributed by atoms with Crippen LogP contribution in [0.4, 0.5) is 9.18 Å². The Morgan fingerprint density at radius 2 is 1.73 bits per heavy atom. The third-order valence-electron chi connectivity index (χ3n) is 4.27. The summed E-state index contributed by atoms with van der Waals surface area (Å²) < 4.78 is 46.0. The van der Waals surface area contributed by atoms with Crippen LogP contribution in [-0.4, -0.2) is 23.1 Å². The van der Waals surface area contributed by atoms with Crippen molar-refractivity contribution in [2.24, 2.45) is 12.0 Å². The van der Waals surface area contributed by atoms with Crippen LogP contribution in [0.5, 0.6) is 5.75 Å². The highest BCUT2D eigenvalue weighted by atomic mass is 32.2. The molecule has 0 aliphatic carbocycles. The SMILES string of the molecule is CCc1ccc(S(=O)(=O)n2cc(F)c(=NC(=O)Oc3ccccc3)n(C)c2=O)cc1. The van der Waals surface area contributed by atoms with E-state index in [1.54, 1.807) is 30.3 Å². The molecule has 30 heavy (non-hydrogen) atoms. The molecule has 0 spiro atoms. The van der Waals surface area contributed by atoms with E-state index in [0.29, 0.717) is 17.2 Å². The number of rotatable bonds is 4. The van der Waals surface area contributed by atoms with Crippen LogP contribution in [0.1, 0.15) is 12.5 Å². The van der Waals surface area contributed by atoms with Crippen LogP contribution in [0, 0.1) is 5.82 Å². The monoisotopic (exact) mass is 431 g/mol. The fourth-order valence-corrected chi connectivity index (χ4v) is 3.89. The molecule has 0 unspecified atom stereocenters. The minimum Gasteiger partial charge on any atom is -0.409 e. The Morgan fingerprint density at radius 1 is 1.10 bits per heavy atom. The van der Waals surface area contributed by atoms with Crippen LogP contribution in [0.2, 0.25) is 0 Å². The molecule has 0 atom stereocenters. The molecule has 0 radical (unpaired) electrons. The molecule has 156 valence electrons. The second-order valence-corrected chi connectivity index (χ2v) is 8.05. The van der Waals surface area contributed by atoms with E-state index in [2.05, 4.69) is 4.99 Å². The van der Waals surface area contributed by atoms with E-state index in [1.165, 1.54) is 24.3 Å². The standard InChI is InChI=1S/C20H18FN3O5S/c1-3-14-9-11-16(12-10-14)30(27,28)24-13-17(21)18(23(2)20(24)26)22-19(25)29-15-7-5-4-6-8-15/h4-13H,3H2,1-2H3. The summed E-state index contributed by atoms with van der Waals surface area (Å²) in [5, 5.41) is 0. The van der Waals surface area contributed by atoms with Crippen molar-refractivity contribution in [1.82, 2.24) is 8.54 Å². The molecule has 1 heterocycles. The number of nitrogens with zero attached hydrogens (tertiary/aromatic N) is 3.